The van der Waals surface area contributed by atoms with Gasteiger partial charge in [0.25, 0.3) is 0 Å². The average molecular weight is 808 g/mol. The Hall–Kier alpha value is -7.52. The molecule has 0 saturated carbocycles. The van der Waals surface area contributed by atoms with Crippen LogP contribution in [0.15, 0.2) is 231 Å². The van der Waals surface area contributed by atoms with Crippen molar-refractivity contribution in [1.82, 2.24) is 0 Å². The lowest BCUT2D eigenvalue weighted by Gasteiger charge is -2.32. The molecule has 292 valence electrons. The molecule has 0 fully saturated rings. The van der Waals surface area contributed by atoms with Crippen LogP contribution in [0.3, 0.4) is 0 Å². The molecule has 0 N–H and O–H groups in total. The molecule has 1 unspecified atom stereocenters. The van der Waals surface area contributed by atoms with Gasteiger partial charge in [-0.1, -0.05) is 194 Å². The lowest BCUT2D eigenvalue weighted by Crippen LogP contribution is -2.22. The standard InChI is InChI=1S/C60H41NS/c1-60(43-23-6-3-7-24-43)54-33-11-8-26-48(54)49-37-36-45(39-55(49)60)61(44-25-14-22-42(38-44)47-30-17-32-53-51-28-10-13-35-57(51)62-59(47)53)56-34-12-9-27-50(56)52-31-16-21-41-20-15-29-46(58(41)52)40-18-4-2-5-19-40/h2-39H,1H3. The number of benzene rings is 10. The Labute approximate surface area is 366 Å². The minimum atomic E-state index is -0.340. The maximum atomic E-state index is 2.50. The molecule has 1 heterocycles. The molecule has 0 spiro atoms. The van der Waals surface area contributed by atoms with E-state index < -0.39 is 0 Å². The summed E-state index contributed by atoms with van der Waals surface area (Å²) in [6.07, 6.45) is 0. The Balaban J connectivity index is 1.11. The molecule has 0 amide bonds. The second-order valence-electron chi connectivity index (χ2n) is 16.5. The van der Waals surface area contributed by atoms with Crippen molar-refractivity contribution in [2.75, 3.05) is 4.90 Å². The summed E-state index contributed by atoms with van der Waals surface area (Å²) in [5.74, 6) is 0. The molecule has 10 aromatic carbocycles. The molecule has 1 aliphatic carbocycles. The van der Waals surface area contributed by atoms with Crippen LogP contribution in [-0.2, 0) is 5.41 Å². The van der Waals surface area contributed by atoms with E-state index in [1.807, 2.05) is 11.3 Å². The van der Waals surface area contributed by atoms with Crippen molar-refractivity contribution in [3.05, 3.63) is 247 Å². The van der Waals surface area contributed by atoms with E-state index in [2.05, 4.69) is 242 Å². The van der Waals surface area contributed by atoms with Gasteiger partial charge < -0.3 is 4.90 Å². The first-order chi connectivity index (χ1) is 30.6. The van der Waals surface area contributed by atoms with E-state index >= 15 is 0 Å². The minimum Gasteiger partial charge on any atom is -0.310 e. The Morgan fingerprint density at radius 2 is 0.984 bits per heavy atom. The lowest BCUT2D eigenvalue weighted by atomic mass is 9.74. The fourth-order valence-electron chi connectivity index (χ4n) is 10.2. The van der Waals surface area contributed by atoms with Gasteiger partial charge in [-0.3, -0.25) is 0 Å². The van der Waals surface area contributed by atoms with Gasteiger partial charge in [0, 0.05) is 42.5 Å². The van der Waals surface area contributed by atoms with Crippen LogP contribution in [0, 0.1) is 0 Å². The van der Waals surface area contributed by atoms with E-state index in [-0.39, 0.29) is 5.41 Å². The van der Waals surface area contributed by atoms with Crippen molar-refractivity contribution in [2.45, 2.75) is 12.3 Å². The van der Waals surface area contributed by atoms with Crippen LogP contribution in [0.4, 0.5) is 17.1 Å². The molecular formula is C60H41NS. The number of hydrogen-bond acceptors (Lipinski definition) is 2. The normalized spacial score (nSPS) is 14.3. The molecule has 0 radical (unpaired) electrons. The summed E-state index contributed by atoms with van der Waals surface area (Å²) in [6, 6.07) is 85.1. The summed E-state index contributed by atoms with van der Waals surface area (Å²) in [5, 5.41) is 5.09. The predicted octanol–water partition coefficient (Wildman–Crippen LogP) is 17.0. The first kappa shape index (κ1) is 36.3. The maximum absolute atomic E-state index is 2.50. The number of nitrogens with zero attached hydrogens (tertiary/aromatic N) is 1. The van der Waals surface area contributed by atoms with Gasteiger partial charge in [0.05, 0.1) is 5.69 Å². The zero-order valence-electron chi connectivity index (χ0n) is 34.3. The zero-order chi connectivity index (χ0) is 41.2. The van der Waals surface area contributed by atoms with Gasteiger partial charge >= 0.3 is 0 Å². The Bertz CT molecular complexity index is 3490. The molecule has 1 atom stereocenters. The van der Waals surface area contributed by atoms with Gasteiger partial charge in [-0.05, 0) is 110 Å². The third-order valence-electron chi connectivity index (χ3n) is 13.2. The number of anilines is 3. The van der Waals surface area contributed by atoms with Crippen LogP contribution >= 0.6 is 11.3 Å². The number of hydrogen-bond donors (Lipinski definition) is 0. The van der Waals surface area contributed by atoms with Gasteiger partial charge in [-0.2, -0.15) is 0 Å². The van der Waals surface area contributed by atoms with E-state index in [1.165, 1.54) is 92.1 Å². The molecule has 1 aliphatic rings. The molecule has 0 bridgehead atoms. The van der Waals surface area contributed by atoms with Crippen molar-refractivity contribution in [1.29, 1.82) is 0 Å². The first-order valence-corrected chi connectivity index (χ1v) is 22.2. The highest BCUT2D eigenvalue weighted by Gasteiger charge is 2.41. The predicted molar refractivity (Wildman–Crippen MR) is 265 cm³/mol. The molecule has 11 aromatic rings. The van der Waals surface area contributed by atoms with Gasteiger partial charge in [0.15, 0.2) is 0 Å². The zero-order valence-corrected chi connectivity index (χ0v) is 35.1. The van der Waals surface area contributed by atoms with Crippen LogP contribution in [0.2, 0.25) is 0 Å². The quantitative estimate of drug-likeness (QED) is 0.155. The molecule has 0 saturated heterocycles. The highest BCUT2D eigenvalue weighted by molar-refractivity contribution is 7.26. The van der Waals surface area contributed by atoms with E-state index in [9.17, 15) is 0 Å². The van der Waals surface area contributed by atoms with Crippen molar-refractivity contribution >= 4 is 59.3 Å². The Morgan fingerprint density at radius 1 is 0.387 bits per heavy atom. The van der Waals surface area contributed by atoms with Gasteiger partial charge in [-0.25, -0.2) is 0 Å². The number of para-hydroxylation sites is 1. The number of thiophene rings is 1. The maximum Gasteiger partial charge on any atom is 0.0540 e. The van der Waals surface area contributed by atoms with Crippen LogP contribution < -0.4 is 4.90 Å². The SMILES string of the molecule is CC1(c2ccccc2)c2ccccc2-c2ccc(N(c3cccc(-c4cccc5c4sc4ccccc45)c3)c3ccccc3-c3cccc4cccc(-c5ccccc5)c34)cc21. The third-order valence-corrected chi connectivity index (χ3v) is 14.4. The lowest BCUT2D eigenvalue weighted by molar-refractivity contribution is 0.714. The summed E-state index contributed by atoms with van der Waals surface area (Å²) in [6.45, 7) is 2.41. The summed E-state index contributed by atoms with van der Waals surface area (Å²) in [4.78, 5) is 2.50. The van der Waals surface area contributed by atoms with Gasteiger partial charge in [0.1, 0.15) is 0 Å². The molecule has 62 heavy (non-hydrogen) atoms. The molecule has 0 aliphatic heterocycles. The molecule has 1 aromatic heterocycles. The summed E-state index contributed by atoms with van der Waals surface area (Å²) < 4.78 is 2.63. The summed E-state index contributed by atoms with van der Waals surface area (Å²) >= 11 is 1.88. The van der Waals surface area contributed by atoms with E-state index in [4.69, 9.17) is 0 Å². The van der Waals surface area contributed by atoms with Gasteiger partial charge in [-0.15, -0.1) is 11.3 Å². The van der Waals surface area contributed by atoms with Crippen LogP contribution in [-0.4, -0.2) is 0 Å². The third kappa shape index (κ3) is 5.68. The van der Waals surface area contributed by atoms with Crippen LogP contribution in [0.5, 0.6) is 0 Å². The van der Waals surface area contributed by atoms with Crippen molar-refractivity contribution in [3.63, 3.8) is 0 Å². The Kier molecular flexibility index (Phi) is 8.55. The molecule has 12 rings (SSSR count). The molecular weight excluding hydrogens is 767 g/mol. The van der Waals surface area contributed by atoms with E-state index in [0.717, 1.165) is 17.1 Å². The number of fused-ring (bicyclic) bond motifs is 7. The smallest absolute Gasteiger partial charge is 0.0540 e. The van der Waals surface area contributed by atoms with E-state index in [1.54, 1.807) is 0 Å². The van der Waals surface area contributed by atoms with Crippen LogP contribution in [0.25, 0.3) is 75.5 Å². The second-order valence-corrected chi connectivity index (χ2v) is 17.6. The van der Waals surface area contributed by atoms with Crippen molar-refractivity contribution in [2.24, 2.45) is 0 Å². The fourth-order valence-corrected chi connectivity index (χ4v) is 11.5. The number of rotatable bonds is 7. The summed E-state index contributed by atoms with van der Waals surface area (Å²) in [5.41, 5.74) is 16.8. The largest absolute Gasteiger partial charge is 0.310 e. The highest BCUT2D eigenvalue weighted by Crippen LogP contribution is 2.55. The fraction of sp³-hybridized carbons (Fsp3) is 0.0333. The van der Waals surface area contributed by atoms with E-state index in [0.29, 0.717) is 0 Å². The first-order valence-electron chi connectivity index (χ1n) is 21.4. The second kappa shape index (κ2) is 14.6. The molecule has 1 nitrogen and oxygen atoms in total. The summed E-state index contributed by atoms with van der Waals surface area (Å²) in [7, 11) is 0. The van der Waals surface area contributed by atoms with Gasteiger partial charge in [0.2, 0.25) is 0 Å². The van der Waals surface area contributed by atoms with Crippen LogP contribution in [0.1, 0.15) is 23.6 Å². The average Bonchev–Trinajstić information content (AvgIpc) is 3.85. The highest BCUT2D eigenvalue weighted by atomic mass is 32.1. The topological polar surface area (TPSA) is 3.24 Å². The monoisotopic (exact) mass is 807 g/mol. The minimum absolute atomic E-state index is 0.340. The molecule has 2 heteroatoms. The van der Waals surface area contributed by atoms with Crippen molar-refractivity contribution in [3.8, 4) is 44.5 Å². The van der Waals surface area contributed by atoms with Crippen molar-refractivity contribution < 1.29 is 0 Å². The Morgan fingerprint density at radius 3 is 1.84 bits per heavy atom.